The number of hydrogen-bond acceptors (Lipinski definition) is 6. The summed E-state index contributed by atoms with van der Waals surface area (Å²) in [6.07, 6.45) is -2.02. The molecule has 1 atom stereocenters. The van der Waals surface area contributed by atoms with Crippen LogP contribution in [0.1, 0.15) is 24.5 Å². The average molecular weight is 488 g/mol. The maximum Gasteiger partial charge on any atom is 0.432 e. The van der Waals surface area contributed by atoms with Crippen LogP contribution in [-0.4, -0.2) is 40.8 Å². The number of rotatable bonds is 4. The van der Waals surface area contributed by atoms with Crippen molar-refractivity contribution >= 4 is 28.2 Å². The lowest BCUT2D eigenvalue weighted by atomic mass is 10.1. The molecule has 0 fully saturated rings. The number of ether oxygens (including phenoxy) is 1. The molecule has 0 saturated heterocycles. The zero-order valence-corrected chi connectivity index (χ0v) is 18.1. The van der Waals surface area contributed by atoms with Gasteiger partial charge in [-0.05, 0) is 25.1 Å². The van der Waals surface area contributed by atoms with Gasteiger partial charge in [-0.25, -0.2) is 24.1 Å². The van der Waals surface area contributed by atoms with Crippen molar-refractivity contribution in [2.75, 3.05) is 0 Å². The molecule has 35 heavy (non-hydrogen) atoms. The first-order chi connectivity index (χ1) is 16.6. The number of aryl methyl sites for hydroxylation is 1. The normalized spacial score (nSPS) is 12.9. The van der Waals surface area contributed by atoms with E-state index >= 15 is 0 Å². The molecule has 0 unspecified atom stereocenters. The van der Waals surface area contributed by atoms with Gasteiger partial charge in [0, 0.05) is 18.6 Å². The van der Waals surface area contributed by atoms with Crippen LogP contribution in [0.2, 0.25) is 0 Å². The Morgan fingerprint density at radius 1 is 1.23 bits per heavy atom. The van der Waals surface area contributed by atoms with Gasteiger partial charge in [0.1, 0.15) is 28.7 Å². The zero-order chi connectivity index (χ0) is 24.9. The number of aromatic nitrogens is 7. The van der Waals surface area contributed by atoms with Crippen LogP contribution in [0.15, 0.2) is 36.8 Å². The summed E-state index contributed by atoms with van der Waals surface area (Å²) in [5.74, 6) is -0.450. The Hall–Kier alpha value is -4.49. The minimum Gasteiger partial charge on any atom is -0.406 e. The Morgan fingerprint density at radius 2 is 2.03 bits per heavy atom. The number of halogens is 4. The summed E-state index contributed by atoms with van der Waals surface area (Å²) < 4.78 is 58.8. The quantitative estimate of drug-likeness (QED) is 0.325. The second kappa shape index (κ2) is 8.07. The first-order valence-corrected chi connectivity index (χ1v) is 10.2. The molecule has 0 radical (unpaired) electrons. The number of fused-ring (bicyclic) bond motifs is 2. The Balaban J connectivity index is 1.39. The number of carbonyl (C=O) groups is 1. The molecule has 5 rings (SSSR count). The van der Waals surface area contributed by atoms with Crippen molar-refractivity contribution in [2.24, 2.45) is 7.05 Å². The van der Waals surface area contributed by atoms with Crippen LogP contribution < -0.4 is 10.1 Å². The lowest BCUT2D eigenvalue weighted by Crippen LogP contribution is -2.30. The standard InChI is InChI=1S/C21H16F4N8O2/c1-9(18-28-8-15(31-18)21(23,24)25)29-20(34)35-14-7-27-19-17(14)30-12(6-26-19)16-11-4-3-10(22)5-13(11)33(2)32-16/h3-9H,1-2H3,(H,26,27)(H,28,31)(H,29,34)/t9-/m0/s1. The van der Waals surface area contributed by atoms with Crippen molar-refractivity contribution in [1.82, 2.24) is 40.0 Å². The third-order valence-corrected chi connectivity index (χ3v) is 5.25. The van der Waals surface area contributed by atoms with Crippen LogP contribution in [0.4, 0.5) is 22.4 Å². The third-order valence-electron chi connectivity index (χ3n) is 5.25. The smallest absolute Gasteiger partial charge is 0.406 e. The van der Waals surface area contributed by atoms with Gasteiger partial charge in [-0.2, -0.15) is 18.3 Å². The number of alkyl halides is 3. The summed E-state index contributed by atoms with van der Waals surface area (Å²) in [4.78, 5) is 29.8. The van der Waals surface area contributed by atoms with Gasteiger partial charge < -0.3 is 20.0 Å². The minimum atomic E-state index is -4.58. The predicted molar refractivity (Wildman–Crippen MR) is 115 cm³/mol. The highest BCUT2D eigenvalue weighted by molar-refractivity contribution is 5.93. The predicted octanol–water partition coefficient (Wildman–Crippen LogP) is 4.24. The molecule has 0 aliphatic rings. The van der Waals surface area contributed by atoms with Crippen molar-refractivity contribution in [3.05, 3.63) is 54.1 Å². The summed E-state index contributed by atoms with van der Waals surface area (Å²) in [6, 6.07) is 3.35. The lowest BCUT2D eigenvalue weighted by molar-refractivity contribution is -0.140. The van der Waals surface area contributed by atoms with Gasteiger partial charge in [-0.3, -0.25) is 4.68 Å². The molecule has 1 aromatic carbocycles. The van der Waals surface area contributed by atoms with E-state index in [0.29, 0.717) is 34.1 Å². The first kappa shape index (κ1) is 22.3. The second-order valence-electron chi connectivity index (χ2n) is 7.67. The molecule has 0 aliphatic carbocycles. The highest BCUT2D eigenvalue weighted by atomic mass is 19.4. The van der Waals surface area contributed by atoms with E-state index in [4.69, 9.17) is 4.74 Å². The van der Waals surface area contributed by atoms with Crippen molar-refractivity contribution in [1.29, 1.82) is 0 Å². The van der Waals surface area contributed by atoms with E-state index in [0.717, 1.165) is 0 Å². The number of carbonyl (C=O) groups excluding carboxylic acids is 1. The van der Waals surface area contributed by atoms with Crippen molar-refractivity contribution < 1.29 is 27.1 Å². The molecule has 10 nitrogen and oxygen atoms in total. The SMILES string of the molecule is C[C@H](NC(=O)Oc1c[nH]c2ncc(-c3nn(C)c4cc(F)ccc34)nc12)c1ncc(C(F)(F)F)[nH]1. The number of nitrogens with one attached hydrogen (secondary N) is 3. The van der Waals surface area contributed by atoms with Crippen LogP contribution in [0.25, 0.3) is 33.5 Å². The number of amides is 1. The first-order valence-electron chi connectivity index (χ1n) is 10.2. The summed E-state index contributed by atoms with van der Waals surface area (Å²) in [5.41, 5.74) is 0.912. The fourth-order valence-corrected chi connectivity index (χ4v) is 3.56. The summed E-state index contributed by atoms with van der Waals surface area (Å²) >= 11 is 0. The molecule has 5 aromatic rings. The molecule has 0 bridgehead atoms. The van der Waals surface area contributed by atoms with E-state index < -0.39 is 29.8 Å². The number of benzene rings is 1. The largest absolute Gasteiger partial charge is 0.432 e. The number of imidazole rings is 1. The maximum atomic E-state index is 13.6. The topological polar surface area (TPSA) is 126 Å². The van der Waals surface area contributed by atoms with Gasteiger partial charge in [-0.1, -0.05) is 0 Å². The van der Waals surface area contributed by atoms with Crippen LogP contribution in [0.3, 0.4) is 0 Å². The molecule has 0 spiro atoms. The molecule has 14 heteroatoms. The Labute approximate surface area is 193 Å². The van der Waals surface area contributed by atoms with Crippen LogP contribution in [0, 0.1) is 5.82 Å². The minimum absolute atomic E-state index is 0.0424. The van der Waals surface area contributed by atoms with Crippen LogP contribution >= 0.6 is 0 Å². The van der Waals surface area contributed by atoms with E-state index in [1.54, 1.807) is 13.1 Å². The highest BCUT2D eigenvalue weighted by Crippen LogP contribution is 2.30. The molecule has 3 N–H and O–H groups in total. The average Bonchev–Trinajstić information content (AvgIpc) is 3.51. The van der Waals surface area contributed by atoms with Crippen molar-refractivity contribution in [3.8, 4) is 17.1 Å². The maximum absolute atomic E-state index is 13.6. The summed E-state index contributed by atoms with van der Waals surface area (Å²) in [7, 11) is 1.67. The molecule has 0 saturated carbocycles. The number of nitrogens with zero attached hydrogens (tertiary/aromatic N) is 5. The van der Waals surface area contributed by atoms with Gasteiger partial charge in [0.2, 0.25) is 0 Å². The molecule has 4 heterocycles. The fraction of sp³-hybridized carbons (Fsp3) is 0.190. The number of aromatic amines is 2. The monoisotopic (exact) mass is 488 g/mol. The van der Waals surface area contributed by atoms with E-state index in [-0.39, 0.29) is 17.1 Å². The lowest BCUT2D eigenvalue weighted by Gasteiger charge is -2.11. The Morgan fingerprint density at radius 3 is 2.77 bits per heavy atom. The Bertz CT molecular complexity index is 1570. The zero-order valence-electron chi connectivity index (χ0n) is 18.1. The second-order valence-corrected chi connectivity index (χ2v) is 7.67. The van der Waals surface area contributed by atoms with Gasteiger partial charge in [-0.15, -0.1) is 0 Å². The molecular formula is C21H16F4N8O2. The van der Waals surface area contributed by atoms with Crippen molar-refractivity contribution in [3.63, 3.8) is 0 Å². The molecule has 1 amide bonds. The van der Waals surface area contributed by atoms with Crippen molar-refractivity contribution in [2.45, 2.75) is 19.1 Å². The van der Waals surface area contributed by atoms with E-state index in [1.807, 2.05) is 0 Å². The van der Waals surface area contributed by atoms with Crippen LogP contribution in [-0.2, 0) is 13.2 Å². The van der Waals surface area contributed by atoms with E-state index in [1.165, 1.54) is 36.1 Å². The van der Waals surface area contributed by atoms with Gasteiger partial charge in [0.25, 0.3) is 0 Å². The van der Waals surface area contributed by atoms with Gasteiger partial charge in [0.05, 0.1) is 24.0 Å². The van der Waals surface area contributed by atoms with Gasteiger partial charge >= 0.3 is 12.3 Å². The number of H-pyrrole nitrogens is 2. The van der Waals surface area contributed by atoms with E-state index in [2.05, 4.69) is 35.3 Å². The molecule has 180 valence electrons. The number of hydrogen-bond donors (Lipinski definition) is 3. The van der Waals surface area contributed by atoms with E-state index in [9.17, 15) is 22.4 Å². The molecule has 4 aromatic heterocycles. The summed E-state index contributed by atoms with van der Waals surface area (Å²) in [6.45, 7) is 1.45. The summed E-state index contributed by atoms with van der Waals surface area (Å²) in [5, 5.41) is 7.47. The van der Waals surface area contributed by atoms with Crippen LogP contribution in [0.5, 0.6) is 5.75 Å². The molecule has 0 aliphatic heterocycles. The van der Waals surface area contributed by atoms with Gasteiger partial charge in [0.15, 0.2) is 16.9 Å². The molecular weight excluding hydrogens is 472 g/mol. The highest BCUT2D eigenvalue weighted by Gasteiger charge is 2.33. The third kappa shape index (κ3) is 4.13. The fourth-order valence-electron chi connectivity index (χ4n) is 3.56. The Kier molecular flexibility index (Phi) is 5.15.